The fourth-order valence-corrected chi connectivity index (χ4v) is 3.11. The standard InChI is InChI=1S/C20H29ClN2.ClH/c1-2-3-4-5-8-16-23-17-15-22-20(23)10-7-6-9-18-11-13-19(21)14-12-18;/h11-15,17H,2-10,16H2,1H3;1H. The molecule has 0 saturated carbocycles. The molecular formula is C20H30Cl2N2. The minimum absolute atomic E-state index is 0. The highest BCUT2D eigenvalue weighted by Gasteiger charge is 2.09. The van der Waals surface area contributed by atoms with Crippen molar-refractivity contribution in [2.75, 3.05) is 0 Å². The summed E-state index contributed by atoms with van der Waals surface area (Å²) in [6.45, 7) is 3.42. The molecule has 2 aromatic rings. The van der Waals surface area contributed by atoms with Gasteiger partial charge in [0.2, 0.25) is 0 Å². The second kappa shape index (κ2) is 12.4. The molecule has 4 heteroatoms. The number of aromatic nitrogens is 2. The fraction of sp³-hybridized carbons (Fsp3) is 0.550. The summed E-state index contributed by atoms with van der Waals surface area (Å²) < 4.78 is 2.40. The van der Waals surface area contributed by atoms with E-state index in [-0.39, 0.29) is 12.4 Å². The minimum Gasteiger partial charge on any atom is -1.00 e. The van der Waals surface area contributed by atoms with E-state index in [9.17, 15) is 0 Å². The van der Waals surface area contributed by atoms with Gasteiger partial charge < -0.3 is 12.4 Å². The van der Waals surface area contributed by atoms with Crippen molar-refractivity contribution >= 4 is 11.6 Å². The first kappa shape index (κ1) is 21.1. The van der Waals surface area contributed by atoms with Gasteiger partial charge in [0.25, 0.3) is 5.82 Å². The van der Waals surface area contributed by atoms with E-state index in [0.717, 1.165) is 24.4 Å². The third-order valence-electron chi connectivity index (χ3n) is 4.40. The normalized spacial score (nSPS) is 10.6. The Bertz CT molecular complexity index is 549. The Balaban J connectivity index is 0.00000288. The van der Waals surface area contributed by atoms with Gasteiger partial charge in [-0.1, -0.05) is 49.9 Å². The maximum atomic E-state index is 5.92. The number of aryl methyl sites for hydroxylation is 3. The molecule has 0 aliphatic carbocycles. The highest BCUT2D eigenvalue weighted by Crippen LogP contribution is 2.12. The van der Waals surface area contributed by atoms with Gasteiger partial charge in [0.15, 0.2) is 0 Å². The zero-order chi connectivity index (χ0) is 16.3. The molecule has 24 heavy (non-hydrogen) atoms. The van der Waals surface area contributed by atoms with Gasteiger partial charge in [0.1, 0.15) is 12.4 Å². The van der Waals surface area contributed by atoms with Crippen LogP contribution in [0.2, 0.25) is 5.02 Å². The van der Waals surface area contributed by atoms with Crippen LogP contribution in [-0.2, 0) is 19.4 Å². The first-order valence-corrected chi connectivity index (χ1v) is 9.47. The SMILES string of the molecule is CCCCCCC[n+]1cc[nH]c1CCCCc1ccc(Cl)cc1.[Cl-]. The van der Waals surface area contributed by atoms with Crippen LogP contribution in [0.15, 0.2) is 36.7 Å². The minimum atomic E-state index is 0. The number of nitrogens with one attached hydrogen (secondary N) is 1. The van der Waals surface area contributed by atoms with Crippen LogP contribution in [0.25, 0.3) is 0 Å². The third kappa shape index (κ3) is 7.72. The number of rotatable bonds is 11. The van der Waals surface area contributed by atoms with Gasteiger partial charge in [-0.15, -0.1) is 0 Å². The van der Waals surface area contributed by atoms with Gasteiger partial charge >= 0.3 is 0 Å². The van der Waals surface area contributed by atoms with Crippen LogP contribution >= 0.6 is 11.6 Å². The Morgan fingerprint density at radius 2 is 1.62 bits per heavy atom. The molecule has 0 unspecified atom stereocenters. The van der Waals surface area contributed by atoms with E-state index in [4.69, 9.17) is 11.6 Å². The van der Waals surface area contributed by atoms with E-state index in [1.165, 1.54) is 56.3 Å². The lowest BCUT2D eigenvalue weighted by molar-refractivity contribution is -0.703. The van der Waals surface area contributed by atoms with E-state index < -0.39 is 0 Å². The Morgan fingerprint density at radius 3 is 2.38 bits per heavy atom. The van der Waals surface area contributed by atoms with E-state index in [1.807, 2.05) is 12.1 Å². The van der Waals surface area contributed by atoms with Crippen molar-refractivity contribution in [3.63, 3.8) is 0 Å². The number of imidazole rings is 1. The average molecular weight is 369 g/mol. The van der Waals surface area contributed by atoms with Crippen LogP contribution < -0.4 is 17.0 Å². The van der Waals surface area contributed by atoms with Crippen LogP contribution in [0, 0.1) is 0 Å². The maximum absolute atomic E-state index is 5.92. The number of hydrogen-bond acceptors (Lipinski definition) is 0. The van der Waals surface area contributed by atoms with Crippen LogP contribution in [0.3, 0.4) is 0 Å². The predicted octanol–water partition coefficient (Wildman–Crippen LogP) is 2.50. The molecule has 0 aliphatic rings. The molecule has 0 spiro atoms. The molecule has 1 heterocycles. The van der Waals surface area contributed by atoms with E-state index in [1.54, 1.807) is 0 Å². The molecule has 1 aromatic carbocycles. The molecule has 0 aliphatic heterocycles. The van der Waals surface area contributed by atoms with Crippen molar-refractivity contribution in [3.8, 4) is 0 Å². The van der Waals surface area contributed by atoms with Gasteiger partial charge in [0.05, 0.1) is 6.54 Å². The van der Waals surface area contributed by atoms with Crippen molar-refractivity contribution < 1.29 is 17.0 Å². The topological polar surface area (TPSA) is 19.7 Å². The summed E-state index contributed by atoms with van der Waals surface area (Å²) in [6, 6.07) is 8.23. The smallest absolute Gasteiger partial charge is 0.254 e. The average Bonchev–Trinajstić information content (AvgIpc) is 3.00. The highest BCUT2D eigenvalue weighted by atomic mass is 35.5. The molecule has 0 atom stereocenters. The second-order valence-electron chi connectivity index (χ2n) is 6.35. The molecule has 0 fully saturated rings. The Kier molecular flexibility index (Phi) is 10.9. The largest absolute Gasteiger partial charge is 1.00 e. The Labute approximate surface area is 158 Å². The number of nitrogens with zero attached hydrogens (tertiary/aromatic N) is 1. The number of benzene rings is 1. The monoisotopic (exact) mass is 368 g/mol. The summed E-state index contributed by atoms with van der Waals surface area (Å²) in [7, 11) is 0. The van der Waals surface area contributed by atoms with Gasteiger partial charge in [-0.3, -0.25) is 0 Å². The summed E-state index contributed by atoms with van der Waals surface area (Å²) in [6.07, 6.45) is 15.7. The van der Waals surface area contributed by atoms with Crippen molar-refractivity contribution in [2.24, 2.45) is 0 Å². The van der Waals surface area contributed by atoms with Crippen LogP contribution in [0.4, 0.5) is 0 Å². The molecule has 1 aromatic heterocycles. The quantitative estimate of drug-likeness (QED) is 0.464. The lowest BCUT2D eigenvalue weighted by atomic mass is 10.1. The molecule has 134 valence electrons. The highest BCUT2D eigenvalue weighted by molar-refractivity contribution is 6.30. The van der Waals surface area contributed by atoms with Crippen LogP contribution in [-0.4, -0.2) is 4.98 Å². The first-order valence-electron chi connectivity index (χ1n) is 9.09. The second-order valence-corrected chi connectivity index (χ2v) is 6.78. The summed E-state index contributed by atoms with van der Waals surface area (Å²) in [5.74, 6) is 1.37. The number of aromatic amines is 1. The zero-order valence-electron chi connectivity index (χ0n) is 14.7. The zero-order valence-corrected chi connectivity index (χ0v) is 16.3. The fourth-order valence-electron chi connectivity index (χ4n) is 2.98. The van der Waals surface area contributed by atoms with E-state index >= 15 is 0 Å². The van der Waals surface area contributed by atoms with Gasteiger partial charge in [-0.25, -0.2) is 9.55 Å². The molecule has 0 saturated heterocycles. The molecule has 0 amide bonds. The van der Waals surface area contributed by atoms with Crippen molar-refractivity contribution in [2.45, 2.75) is 71.3 Å². The van der Waals surface area contributed by atoms with Crippen molar-refractivity contribution in [1.82, 2.24) is 4.98 Å². The van der Waals surface area contributed by atoms with Gasteiger partial charge in [-0.2, -0.15) is 0 Å². The summed E-state index contributed by atoms with van der Waals surface area (Å²) in [5, 5.41) is 0.820. The molecule has 2 nitrogen and oxygen atoms in total. The Hall–Kier alpha value is -0.990. The molecule has 1 N–H and O–H groups in total. The summed E-state index contributed by atoms with van der Waals surface area (Å²) >= 11 is 5.92. The summed E-state index contributed by atoms with van der Waals surface area (Å²) in [5.41, 5.74) is 1.38. The van der Waals surface area contributed by atoms with E-state index in [0.29, 0.717) is 0 Å². The number of unbranched alkanes of at least 4 members (excludes halogenated alkanes) is 5. The maximum Gasteiger partial charge on any atom is 0.254 e. The van der Waals surface area contributed by atoms with Crippen LogP contribution in [0.5, 0.6) is 0 Å². The van der Waals surface area contributed by atoms with Crippen LogP contribution in [0.1, 0.15) is 63.3 Å². The van der Waals surface area contributed by atoms with Crippen molar-refractivity contribution in [1.29, 1.82) is 0 Å². The number of halogens is 2. The molecular weight excluding hydrogens is 339 g/mol. The van der Waals surface area contributed by atoms with E-state index in [2.05, 4.69) is 41.0 Å². The Morgan fingerprint density at radius 1 is 0.917 bits per heavy atom. The molecule has 0 bridgehead atoms. The van der Waals surface area contributed by atoms with Gasteiger partial charge in [0, 0.05) is 11.4 Å². The number of H-pyrrole nitrogens is 1. The lowest BCUT2D eigenvalue weighted by Gasteiger charge is -2.03. The first-order chi connectivity index (χ1) is 11.3. The molecule has 2 rings (SSSR count). The third-order valence-corrected chi connectivity index (χ3v) is 4.65. The summed E-state index contributed by atoms with van der Waals surface area (Å²) in [4.78, 5) is 3.41. The van der Waals surface area contributed by atoms with Gasteiger partial charge in [-0.05, 0) is 49.8 Å². The number of hydrogen-bond donors (Lipinski definition) is 1. The van der Waals surface area contributed by atoms with Crippen molar-refractivity contribution in [3.05, 3.63) is 53.1 Å². The molecule has 0 radical (unpaired) electrons. The predicted molar refractivity (Wildman–Crippen MR) is 97.8 cm³/mol. The lowest BCUT2D eigenvalue weighted by Crippen LogP contribution is -3.00.